The first kappa shape index (κ1) is 11.8. The number of hydrogen-bond donors (Lipinski definition) is 0. The Bertz CT molecular complexity index is 555. The summed E-state index contributed by atoms with van der Waals surface area (Å²) in [5.74, 6) is 0.291. The summed E-state index contributed by atoms with van der Waals surface area (Å²) in [7, 11) is 0. The second kappa shape index (κ2) is 4.28. The number of fused-ring (bicyclic) bond motifs is 1. The van der Waals surface area contributed by atoms with Crippen molar-refractivity contribution in [1.29, 1.82) is 0 Å². The Labute approximate surface area is 101 Å². The van der Waals surface area contributed by atoms with Crippen LogP contribution in [0.5, 0.6) is 0 Å². The van der Waals surface area contributed by atoms with Crippen LogP contribution in [0.1, 0.15) is 49.7 Å². The first-order chi connectivity index (χ1) is 8.02. The van der Waals surface area contributed by atoms with Gasteiger partial charge in [0.05, 0.1) is 11.3 Å². The Kier molecular flexibility index (Phi) is 2.96. The van der Waals surface area contributed by atoms with Crippen LogP contribution in [-0.4, -0.2) is 20.4 Å². The van der Waals surface area contributed by atoms with E-state index < -0.39 is 0 Å². The van der Waals surface area contributed by atoms with E-state index in [9.17, 15) is 4.79 Å². The largest absolute Gasteiger partial charge is 0.294 e. The van der Waals surface area contributed by atoms with Gasteiger partial charge >= 0.3 is 0 Å². The molecule has 0 spiro atoms. The Morgan fingerprint density at radius 3 is 2.59 bits per heavy atom. The van der Waals surface area contributed by atoms with Crippen LogP contribution in [-0.2, 0) is 0 Å². The monoisotopic (exact) mass is 231 g/mol. The molecule has 0 radical (unpaired) electrons. The van der Waals surface area contributed by atoms with Gasteiger partial charge in [0.1, 0.15) is 0 Å². The van der Waals surface area contributed by atoms with Crippen LogP contribution in [0.15, 0.2) is 18.5 Å². The number of hydrogen-bond acceptors (Lipinski definition) is 3. The van der Waals surface area contributed by atoms with Crippen molar-refractivity contribution in [2.45, 2.75) is 33.6 Å². The first-order valence-corrected chi connectivity index (χ1v) is 5.89. The number of aromatic nitrogens is 3. The summed E-state index contributed by atoms with van der Waals surface area (Å²) < 4.78 is 1.69. The molecular formula is C13H17N3O. The van der Waals surface area contributed by atoms with Crippen LogP contribution in [0.4, 0.5) is 0 Å². The predicted molar refractivity (Wildman–Crippen MR) is 66.2 cm³/mol. The third kappa shape index (κ3) is 1.95. The number of carbonyl (C=O) groups is 1. The molecule has 4 heteroatoms. The summed E-state index contributed by atoms with van der Waals surface area (Å²) in [6.45, 7) is 7.88. The van der Waals surface area contributed by atoms with Gasteiger partial charge in [-0.3, -0.25) is 4.79 Å². The lowest BCUT2D eigenvalue weighted by Gasteiger charge is -2.06. The van der Waals surface area contributed by atoms with Crippen LogP contribution in [0.3, 0.4) is 0 Å². The molecule has 0 saturated carbocycles. The molecule has 90 valence electrons. The third-order valence-corrected chi connectivity index (χ3v) is 2.74. The van der Waals surface area contributed by atoms with Gasteiger partial charge in [-0.05, 0) is 12.0 Å². The fraction of sp³-hybridized carbons (Fsp3) is 0.462. The zero-order valence-electron chi connectivity index (χ0n) is 10.6. The topological polar surface area (TPSA) is 47.3 Å². The number of nitrogens with zero attached hydrogens (tertiary/aromatic N) is 3. The minimum Gasteiger partial charge on any atom is -0.294 e. The highest BCUT2D eigenvalue weighted by Crippen LogP contribution is 2.24. The van der Waals surface area contributed by atoms with Crippen LogP contribution in [0, 0.1) is 5.92 Å². The fourth-order valence-corrected chi connectivity index (χ4v) is 1.83. The molecule has 0 aliphatic carbocycles. The molecule has 4 nitrogen and oxygen atoms in total. The van der Waals surface area contributed by atoms with Crippen molar-refractivity contribution in [3.63, 3.8) is 0 Å². The maximum absolute atomic E-state index is 12.3. The van der Waals surface area contributed by atoms with E-state index in [2.05, 4.69) is 10.1 Å². The lowest BCUT2D eigenvalue weighted by Crippen LogP contribution is -2.10. The molecule has 0 fully saturated rings. The molecule has 2 aromatic rings. The van der Waals surface area contributed by atoms with Gasteiger partial charge in [0.2, 0.25) is 0 Å². The number of carbonyl (C=O) groups excluding carboxylic acids is 1. The van der Waals surface area contributed by atoms with E-state index in [1.54, 1.807) is 10.7 Å². The Morgan fingerprint density at radius 1 is 1.29 bits per heavy atom. The standard InChI is InChI=1S/C13H17N3O/c1-8(2)11-10(12(17)9(3)4)13-14-6-5-7-16(13)15-11/h5-9H,1-4H3. The summed E-state index contributed by atoms with van der Waals surface area (Å²) in [4.78, 5) is 16.5. The highest BCUT2D eigenvalue weighted by molar-refractivity contribution is 6.03. The smallest absolute Gasteiger partial charge is 0.171 e. The van der Waals surface area contributed by atoms with E-state index in [1.807, 2.05) is 40.0 Å². The van der Waals surface area contributed by atoms with Gasteiger partial charge in [-0.2, -0.15) is 5.10 Å². The van der Waals surface area contributed by atoms with E-state index >= 15 is 0 Å². The minimum absolute atomic E-state index is 0.0393. The van der Waals surface area contributed by atoms with E-state index in [4.69, 9.17) is 0 Å². The van der Waals surface area contributed by atoms with Gasteiger partial charge in [0, 0.05) is 18.3 Å². The molecule has 0 aromatic carbocycles. The third-order valence-electron chi connectivity index (χ3n) is 2.74. The van der Waals surface area contributed by atoms with Crippen molar-refractivity contribution in [3.05, 3.63) is 29.7 Å². The molecule has 0 N–H and O–H groups in total. The van der Waals surface area contributed by atoms with Crippen LogP contribution in [0.25, 0.3) is 5.65 Å². The van der Waals surface area contributed by atoms with Crippen molar-refractivity contribution in [2.24, 2.45) is 5.92 Å². The summed E-state index contributed by atoms with van der Waals surface area (Å²) in [6.07, 6.45) is 3.52. The molecule has 0 atom stereocenters. The summed E-state index contributed by atoms with van der Waals surface area (Å²) in [5.41, 5.74) is 2.17. The zero-order chi connectivity index (χ0) is 12.6. The summed E-state index contributed by atoms with van der Waals surface area (Å²) in [6, 6.07) is 1.81. The molecule has 0 saturated heterocycles. The number of ketones is 1. The molecular weight excluding hydrogens is 214 g/mol. The van der Waals surface area contributed by atoms with Gasteiger partial charge in [-0.1, -0.05) is 27.7 Å². The van der Waals surface area contributed by atoms with Crippen LogP contribution in [0.2, 0.25) is 0 Å². The van der Waals surface area contributed by atoms with Crippen LogP contribution >= 0.6 is 0 Å². The molecule has 0 aliphatic heterocycles. The zero-order valence-corrected chi connectivity index (χ0v) is 10.6. The van der Waals surface area contributed by atoms with Gasteiger partial charge in [-0.15, -0.1) is 0 Å². The van der Waals surface area contributed by atoms with Gasteiger partial charge < -0.3 is 0 Å². The summed E-state index contributed by atoms with van der Waals surface area (Å²) in [5, 5.41) is 4.45. The normalized spacial score (nSPS) is 11.6. The first-order valence-electron chi connectivity index (χ1n) is 5.89. The van der Waals surface area contributed by atoms with E-state index in [1.165, 1.54) is 0 Å². The van der Waals surface area contributed by atoms with Crippen LogP contribution < -0.4 is 0 Å². The lowest BCUT2D eigenvalue weighted by molar-refractivity contribution is 0.0939. The minimum atomic E-state index is -0.0393. The van der Waals surface area contributed by atoms with Crippen molar-refractivity contribution >= 4 is 11.4 Å². The molecule has 2 heterocycles. The Balaban J connectivity index is 2.72. The van der Waals surface area contributed by atoms with Crippen molar-refractivity contribution in [2.75, 3.05) is 0 Å². The fourth-order valence-electron chi connectivity index (χ4n) is 1.83. The second-order valence-corrected chi connectivity index (χ2v) is 4.82. The molecule has 0 aliphatic rings. The van der Waals surface area contributed by atoms with Gasteiger partial charge in [0.15, 0.2) is 11.4 Å². The SMILES string of the molecule is CC(C)C(=O)c1c(C(C)C)nn2cccnc12. The maximum Gasteiger partial charge on any atom is 0.171 e. The number of rotatable bonds is 3. The average molecular weight is 231 g/mol. The molecule has 2 rings (SSSR count). The van der Waals surface area contributed by atoms with Gasteiger partial charge in [-0.25, -0.2) is 9.50 Å². The predicted octanol–water partition coefficient (Wildman–Crippen LogP) is 2.69. The molecule has 0 bridgehead atoms. The Hall–Kier alpha value is -1.71. The second-order valence-electron chi connectivity index (χ2n) is 4.82. The van der Waals surface area contributed by atoms with E-state index in [-0.39, 0.29) is 17.6 Å². The van der Waals surface area contributed by atoms with Crippen molar-refractivity contribution < 1.29 is 4.79 Å². The highest BCUT2D eigenvalue weighted by Gasteiger charge is 2.24. The van der Waals surface area contributed by atoms with E-state index in [0.29, 0.717) is 11.2 Å². The Morgan fingerprint density at radius 2 is 2.00 bits per heavy atom. The summed E-state index contributed by atoms with van der Waals surface area (Å²) >= 11 is 0. The molecule has 17 heavy (non-hydrogen) atoms. The lowest BCUT2D eigenvalue weighted by atomic mass is 9.96. The average Bonchev–Trinajstić information content (AvgIpc) is 2.67. The molecule has 2 aromatic heterocycles. The molecule has 0 amide bonds. The van der Waals surface area contributed by atoms with Gasteiger partial charge in [0.25, 0.3) is 0 Å². The van der Waals surface area contributed by atoms with Crippen molar-refractivity contribution in [1.82, 2.24) is 14.6 Å². The van der Waals surface area contributed by atoms with Crippen molar-refractivity contribution in [3.8, 4) is 0 Å². The number of Topliss-reactive ketones (excluding diaryl/α,β-unsaturated/α-hetero) is 1. The molecule has 0 unspecified atom stereocenters. The van der Waals surface area contributed by atoms with E-state index in [0.717, 1.165) is 5.69 Å². The quantitative estimate of drug-likeness (QED) is 0.763. The highest BCUT2D eigenvalue weighted by atomic mass is 16.1. The maximum atomic E-state index is 12.3.